The monoisotopic (exact) mass is 451 g/mol. The first-order valence-corrected chi connectivity index (χ1v) is 12.4. The van der Waals surface area contributed by atoms with Crippen LogP contribution < -0.4 is 15.4 Å². The summed E-state index contributed by atoms with van der Waals surface area (Å²) < 4.78 is 1.63. The Labute approximate surface area is 191 Å². The van der Waals surface area contributed by atoms with E-state index in [2.05, 4.69) is 26.9 Å². The predicted molar refractivity (Wildman–Crippen MR) is 129 cm³/mol. The van der Waals surface area contributed by atoms with Gasteiger partial charge >= 0.3 is 0 Å². The van der Waals surface area contributed by atoms with Gasteiger partial charge in [0.15, 0.2) is 21.3 Å². The molecule has 0 unspecified atom stereocenters. The van der Waals surface area contributed by atoms with Crippen molar-refractivity contribution in [3.8, 4) is 0 Å². The quantitative estimate of drug-likeness (QED) is 0.571. The maximum atomic E-state index is 13.0. The molecule has 0 N–H and O–H groups in total. The number of Topliss-reactive ketones (excluding diaryl/α,β-unsaturated/α-hetero) is 1. The molecule has 2 fully saturated rings. The number of benzene rings is 1. The van der Waals surface area contributed by atoms with E-state index in [9.17, 15) is 9.59 Å². The molecule has 8 heteroatoms. The number of thiazole rings is 1. The topological polar surface area (TPSA) is 71.3 Å². The van der Waals surface area contributed by atoms with Crippen molar-refractivity contribution in [2.24, 2.45) is 7.05 Å². The van der Waals surface area contributed by atoms with Gasteiger partial charge in [-0.1, -0.05) is 41.7 Å². The first kappa shape index (κ1) is 21.1. The second kappa shape index (κ2) is 9.02. The van der Waals surface area contributed by atoms with E-state index in [1.807, 2.05) is 18.2 Å². The second-order valence-electron chi connectivity index (χ2n) is 8.78. The first-order chi connectivity index (χ1) is 15.6. The second-order valence-corrected chi connectivity index (χ2v) is 9.73. The smallest absolute Gasteiger partial charge is 0.282 e. The third-order valence-electron chi connectivity index (χ3n) is 6.62. The van der Waals surface area contributed by atoms with Gasteiger partial charge in [0, 0.05) is 33.1 Å². The number of piperidine rings is 1. The molecule has 2 aliphatic rings. The molecule has 4 heterocycles. The molecule has 0 radical (unpaired) electrons. The van der Waals surface area contributed by atoms with Gasteiger partial charge in [0.1, 0.15) is 0 Å². The van der Waals surface area contributed by atoms with E-state index < -0.39 is 0 Å². The maximum absolute atomic E-state index is 13.0. The van der Waals surface area contributed by atoms with Gasteiger partial charge in [0.2, 0.25) is 5.95 Å². The number of hydrogen-bond donors (Lipinski definition) is 0. The van der Waals surface area contributed by atoms with Crippen LogP contribution in [-0.2, 0) is 18.3 Å². The lowest BCUT2D eigenvalue weighted by Gasteiger charge is -2.28. The SMILES string of the molecule is Cn1c(N2CCCCC2)nc2sc(N3CCC[C@@H]3C(=O)CCc3ccccc3)nc2c1=O. The van der Waals surface area contributed by atoms with Gasteiger partial charge in [-0.3, -0.25) is 14.2 Å². The van der Waals surface area contributed by atoms with Crippen LogP contribution in [0.3, 0.4) is 0 Å². The maximum Gasteiger partial charge on any atom is 0.282 e. The Bertz CT molecular complexity index is 1170. The van der Waals surface area contributed by atoms with Crippen LogP contribution in [0.15, 0.2) is 35.1 Å². The Morgan fingerprint density at radius 3 is 2.62 bits per heavy atom. The molecule has 0 saturated carbocycles. The van der Waals surface area contributed by atoms with Crippen molar-refractivity contribution < 1.29 is 4.79 Å². The average Bonchev–Trinajstić information content (AvgIpc) is 3.48. The molecule has 3 aromatic rings. The Hall–Kier alpha value is -2.74. The highest BCUT2D eigenvalue weighted by Gasteiger charge is 2.33. The molecular formula is C24H29N5O2S. The number of hydrogen-bond acceptors (Lipinski definition) is 7. The van der Waals surface area contributed by atoms with Crippen molar-refractivity contribution >= 4 is 38.5 Å². The molecule has 0 amide bonds. The fraction of sp³-hybridized carbons (Fsp3) is 0.500. The molecule has 7 nitrogen and oxygen atoms in total. The number of nitrogens with zero attached hydrogens (tertiary/aromatic N) is 5. The van der Waals surface area contributed by atoms with Gasteiger partial charge in [0.05, 0.1) is 6.04 Å². The number of rotatable bonds is 6. The van der Waals surface area contributed by atoms with E-state index in [1.165, 1.54) is 23.3 Å². The van der Waals surface area contributed by atoms with E-state index in [1.54, 1.807) is 11.6 Å². The lowest BCUT2D eigenvalue weighted by Crippen LogP contribution is -2.36. The molecule has 2 aliphatic heterocycles. The van der Waals surface area contributed by atoms with Crippen molar-refractivity contribution in [1.29, 1.82) is 0 Å². The van der Waals surface area contributed by atoms with E-state index in [0.29, 0.717) is 16.8 Å². The van der Waals surface area contributed by atoms with Crippen LogP contribution in [0.25, 0.3) is 10.3 Å². The predicted octanol–water partition coefficient (Wildman–Crippen LogP) is 3.55. The van der Waals surface area contributed by atoms with Crippen LogP contribution in [-0.4, -0.2) is 46.0 Å². The first-order valence-electron chi connectivity index (χ1n) is 11.6. The molecule has 168 valence electrons. The minimum absolute atomic E-state index is 0.107. The Morgan fingerprint density at radius 2 is 1.84 bits per heavy atom. The molecule has 0 bridgehead atoms. The zero-order valence-electron chi connectivity index (χ0n) is 18.5. The molecule has 2 aromatic heterocycles. The Morgan fingerprint density at radius 1 is 1.06 bits per heavy atom. The van der Waals surface area contributed by atoms with Gasteiger partial charge < -0.3 is 9.80 Å². The molecule has 0 spiro atoms. The molecule has 2 saturated heterocycles. The number of anilines is 2. The molecule has 1 atom stereocenters. The summed E-state index contributed by atoms with van der Waals surface area (Å²) in [7, 11) is 1.78. The van der Waals surface area contributed by atoms with Crippen LogP contribution >= 0.6 is 11.3 Å². The fourth-order valence-corrected chi connectivity index (χ4v) is 5.84. The van der Waals surface area contributed by atoms with Gasteiger partial charge in [-0.2, -0.15) is 0 Å². The summed E-state index contributed by atoms with van der Waals surface area (Å²) >= 11 is 1.44. The van der Waals surface area contributed by atoms with Gasteiger partial charge in [-0.25, -0.2) is 9.97 Å². The highest BCUT2D eigenvalue weighted by molar-refractivity contribution is 7.21. The lowest BCUT2D eigenvalue weighted by atomic mass is 10.0. The van der Waals surface area contributed by atoms with Crippen LogP contribution in [0, 0.1) is 0 Å². The number of aromatic nitrogens is 3. The number of carbonyl (C=O) groups excluding carboxylic acids is 1. The average molecular weight is 452 g/mol. The molecule has 5 rings (SSSR count). The minimum Gasteiger partial charge on any atom is -0.342 e. The van der Waals surface area contributed by atoms with Crippen LogP contribution in [0.4, 0.5) is 11.1 Å². The Kier molecular flexibility index (Phi) is 5.95. The van der Waals surface area contributed by atoms with Crippen LogP contribution in [0.1, 0.15) is 44.1 Å². The zero-order valence-corrected chi connectivity index (χ0v) is 19.3. The van der Waals surface area contributed by atoms with Crippen molar-refractivity contribution in [2.75, 3.05) is 29.4 Å². The third-order valence-corrected chi connectivity index (χ3v) is 7.61. The van der Waals surface area contributed by atoms with Crippen molar-refractivity contribution in [3.63, 3.8) is 0 Å². The summed E-state index contributed by atoms with van der Waals surface area (Å²) in [5.41, 5.74) is 1.49. The highest BCUT2D eigenvalue weighted by Crippen LogP contribution is 2.33. The van der Waals surface area contributed by atoms with Crippen LogP contribution in [0.2, 0.25) is 0 Å². The number of fused-ring (bicyclic) bond motifs is 1. The number of carbonyl (C=O) groups is 1. The molecular weight excluding hydrogens is 422 g/mol. The summed E-state index contributed by atoms with van der Waals surface area (Å²) in [4.78, 5) is 40.6. The minimum atomic E-state index is -0.162. The number of aryl methyl sites for hydroxylation is 1. The van der Waals surface area contributed by atoms with E-state index in [0.717, 1.165) is 62.8 Å². The summed E-state index contributed by atoms with van der Waals surface area (Å²) in [5.74, 6) is 0.981. The van der Waals surface area contributed by atoms with E-state index in [4.69, 9.17) is 4.98 Å². The van der Waals surface area contributed by atoms with Crippen LogP contribution in [0.5, 0.6) is 0 Å². The summed E-state index contributed by atoms with van der Waals surface area (Å²) in [5, 5.41) is 0.746. The fourth-order valence-electron chi connectivity index (χ4n) is 4.84. The summed E-state index contributed by atoms with van der Waals surface area (Å²) in [6, 6.07) is 9.97. The van der Waals surface area contributed by atoms with E-state index >= 15 is 0 Å². The van der Waals surface area contributed by atoms with Crippen molar-refractivity contribution in [3.05, 3.63) is 46.2 Å². The zero-order chi connectivity index (χ0) is 22.1. The van der Waals surface area contributed by atoms with Crippen molar-refractivity contribution in [1.82, 2.24) is 14.5 Å². The Balaban J connectivity index is 1.39. The largest absolute Gasteiger partial charge is 0.342 e. The summed E-state index contributed by atoms with van der Waals surface area (Å²) in [6.45, 7) is 2.66. The highest BCUT2D eigenvalue weighted by atomic mass is 32.1. The standard InChI is InChI=1S/C24H29N5O2S/c1-27-22(31)20-21(26-23(27)28-14-6-3-7-15-28)32-24(25-20)29-16-8-11-18(29)19(30)13-12-17-9-4-2-5-10-17/h2,4-5,9-10,18H,3,6-8,11-16H2,1H3/t18-/m1/s1. The molecule has 32 heavy (non-hydrogen) atoms. The molecule has 1 aromatic carbocycles. The number of ketones is 1. The van der Waals surface area contributed by atoms with Crippen molar-refractivity contribution in [2.45, 2.75) is 51.0 Å². The summed E-state index contributed by atoms with van der Waals surface area (Å²) in [6.07, 6.45) is 6.56. The lowest BCUT2D eigenvalue weighted by molar-refractivity contribution is -0.120. The normalized spacial score (nSPS) is 19.1. The third kappa shape index (κ3) is 4.03. The molecule has 0 aliphatic carbocycles. The van der Waals surface area contributed by atoms with E-state index in [-0.39, 0.29) is 17.4 Å². The van der Waals surface area contributed by atoms with Gasteiger partial charge in [0.25, 0.3) is 5.56 Å². The van der Waals surface area contributed by atoms with Gasteiger partial charge in [-0.05, 0) is 44.1 Å². The van der Waals surface area contributed by atoms with Gasteiger partial charge in [-0.15, -0.1) is 0 Å².